The van der Waals surface area contributed by atoms with Crippen LogP contribution in [-0.2, 0) is 4.74 Å². The van der Waals surface area contributed by atoms with Crippen molar-refractivity contribution in [3.05, 3.63) is 42.0 Å². The summed E-state index contributed by atoms with van der Waals surface area (Å²) in [6, 6.07) is 3.34. The number of hydrogen-bond donors (Lipinski definition) is 0. The van der Waals surface area contributed by atoms with Gasteiger partial charge in [-0.1, -0.05) is 12.1 Å². The molecule has 1 saturated heterocycles. The predicted octanol–water partition coefficient (Wildman–Crippen LogP) is 8.21. The molecule has 33 heavy (non-hydrogen) atoms. The van der Waals surface area contributed by atoms with Gasteiger partial charge in [-0.2, -0.15) is 4.39 Å². The van der Waals surface area contributed by atoms with E-state index < -0.39 is 11.6 Å². The van der Waals surface area contributed by atoms with Crippen LogP contribution in [0.25, 0.3) is 0 Å². The molecule has 0 N–H and O–H groups in total. The summed E-state index contributed by atoms with van der Waals surface area (Å²) in [6.45, 7) is 6.90. The molecule has 0 spiro atoms. The second kappa shape index (κ2) is 11.8. The molecule has 3 aliphatic rings. The SMILES string of the molecule is C=CCCC1CCC(C2CCC(C3CCC(c4ccc(OCC)c(F)c4F)CC3)CC2)CO1. The Hall–Kier alpha value is -1.42. The Bertz CT molecular complexity index is 755. The lowest BCUT2D eigenvalue weighted by molar-refractivity contribution is -0.0430. The maximum atomic E-state index is 14.7. The van der Waals surface area contributed by atoms with Gasteiger partial charge in [-0.15, -0.1) is 6.58 Å². The molecule has 1 aliphatic heterocycles. The van der Waals surface area contributed by atoms with Crippen molar-refractivity contribution in [3.8, 4) is 5.75 Å². The van der Waals surface area contributed by atoms with E-state index in [1.165, 1.54) is 38.5 Å². The zero-order chi connectivity index (χ0) is 23.2. The molecule has 184 valence electrons. The van der Waals surface area contributed by atoms with Gasteiger partial charge in [0.1, 0.15) is 0 Å². The van der Waals surface area contributed by atoms with E-state index in [0.717, 1.165) is 68.8 Å². The smallest absolute Gasteiger partial charge is 0.200 e. The first-order chi connectivity index (χ1) is 16.1. The zero-order valence-corrected chi connectivity index (χ0v) is 20.4. The van der Waals surface area contributed by atoms with Crippen LogP contribution in [0.1, 0.15) is 95.5 Å². The first-order valence-electron chi connectivity index (χ1n) is 13.4. The molecule has 2 saturated carbocycles. The van der Waals surface area contributed by atoms with Crippen molar-refractivity contribution in [2.24, 2.45) is 23.7 Å². The summed E-state index contributed by atoms with van der Waals surface area (Å²) in [5.74, 6) is 1.78. The third kappa shape index (κ3) is 5.99. The number of benzene rings is 1. The molecule has 2 nitrogen and oxygen atoms in total. The van der Waals surface area contributed by atoms with Crippen molar-refractivity contribution in [1.82, 2.24) is 0 Å². The molecule has 4 rings (SSSR count). The van der Waals surface area contributed by atoms with Gasteiger partial charge in [0.25, 0.3) is 0 Å². The summed E-state index contributed by atoms with van der Waals surface area (Å²) < 4.78 is 40.4. The maximum absolute atomic E-state index is 14.7. The summed E-state index contributed by atoms with van der Waals surface area (Å²) in [4.78, 5) is 0. The third-order valence-electron chi connectivity index (χ3n) is 8.84. The van der Waals surface area contributed by atoms with Crippen molar-refractivity contribution in [1.29, 1.82) is 0 Å². The number of rotatable bonds is 8. The van der Waals surface area contributed by atoms with Gasteiger partial charge in [0.15, 0.2) is 11.6 Å². The minimum atomic E-state index is -0.825. The van der Waals surface area contributed by atoms with Crippen LogP contribution in [0.5, 0.6) is 5.75 Å². The first kappa shape index (κ1) is 24.7. The lowest BCUT2D eigenvalue weighted by Gasteiger charge is -2.41. The molecule has 1 aromatic carbocycles. The first-order valence-corrected chi connectivity index (χ1v) is 13.4. The minimum Gasteiger partial charge on any atom is -0.491 e. The van der Waals surface area contributed by atoms with Crippen LogP contribution in [-0.4, -0.2) is 19.3 Å². The highest BCUT2D eigenvalue weighted by atomic mass is 19.2. The summed E-state index contributed by atoms with van der Waals surface area (Å²) in [5.41, 5.74) is 0.543. The van der Waals surface area contributed by atoms with Gasteiger partial charge >= 0.3 is 0 Å². The van der Waals surface area contributed by atoms with Gasteiger partial charge < -0.3 is 9.47 Å². The van der Waals surface area contributed by atoms with Crippen molar-refractivity contribution in [2.45, 2.75) is 96.0 Å². The summed E-state index contributed by atoms with van der Waals surface area (Å²) in [7, 11) is 0. The van der Waals surface area contributed by atoms with Crippen LogP contribution in [0.15, 0.2) is 24.8 Å². The largest absolute Gasteiger partial charge is 0.491 e. The average Bonchev–Trinajstić information content (AvgIpc) is 2.86. The molecule has 0 aromatic heterocycles. The van der Waals surface area contributed by atoms with E-state index in [1.807, 2.05) is 6.08 Å². The topological polar surface area (TPSA) is 18.5 Å². The van der Waals surface area contributed by atoms with Crippen molar-refractivity contribution in [3.63, 3.8) is 0 Å². The van der Waals surface area contributed by atoms with E-state index in [9.17, 15) is 8.78 Å². The highest BCUT2D eigenvalue weighted by Gasteiger charge is 2.35. The molecular formula is C29H42F2O2. The number of ether oxygens (including phenoxy) is 2. The van der Waals surface area contributed by atoms with E-state index >= 15 is 0 Å². The Morgan fingerprint density at radius 2 is 1.48 bits per heavy atom. The zero-order valence-electron chi connectivity index (χ0n) is 20.4. The lowest BCUT2D eigenvalue weighted by atomic mass is 9.66. The molecule has 0 bridgehead atoms. The molecule has 2 unspecified atom stereocenters. The molecule has 2 atom stereocenters. The van der Waals surface area contributed by atoms with Crippen LogP contribution >= 0.6 is 0 Å². The quantitative estimate of drug-likeness (QED) is 0.364. The highest BCUT2D eigenvalue weighted by molar-refractivity contribution is 5.33. The number of allylic oxidation sites excluding steroid dienone is 1. The third-order valence-corrected chi connectivity index (χ3v) is 8.84. The fraction of sp³-hybridized carbons (Fsp3) is 0.724. The normalized spacial score (nSPS) is 32.9. The summed E-state index contributed by atoms with van der Waals surface area (Å²) >= 11 is 0. The predicted molar refractivity (Wildman–Crippen MR) is 130 cm³/mol. The summed E-state index contributed by atoms with van der Waals surface area (Å²) in [5, 5.41) is 0. The van der Waals surface area contributed by atoms with Crippen LogP contribution in [0.4, 0.5) is 8.78 Å². The van der Waals surface area contributed by atoms with E-state index in [-0.39, 0.29) is 11.7 Å². The van der Waals surface area contributed by atoms with E-state index in [0.29, 0.717) is 18.3 Å². The molecule has 4 heteroatoms. The van der Waals surface area contributed by atoms with Crippen LogP contribution in [0.3, 0.4) is 0 Å². The molecule has 0 radical (unpaired) electrons. The Kier molecular flexibility index (Phi) is 8.85. The molecule has 1 aromatic rings. The van der Waals surface area contributed by atoms with Crippen LogP contribution in [0.2, 0.25) is 0 Å². The molecular weight excluding hydrogens is 418 g/mol. The van der Waals surface area contributed by atoms with Crippen molar-refractivity contribution >= 4 is 0 Å². The van der Waals surface area contributed by atoms with Gasteiger partial charge in [-0.3, -0.25) is 0 Å². The lowest BCUT2D eigenvalue weighted by Crippen LogP contribution is -2.33. The van der Waals surface area contributed by atoms with E-state index in [4.69, 9.17) is 9.47 Å². The molecule has 1 heterocycles. The van der Waals surface area contributed by atoms with Gasteiger partial charge in [0.2, 0.25) is 5.82 Å². The minimum absolute atomic E-state index is 0.0276. The van der Waals surface area contributed by atoms with Crippen LogP contribution < -0.4 is 4.74 Å². The van der Waals surface area contributed by atoms with E-state index in [1.54, 1.807) is 19.1 Å². The number of halogens is 2. The Morgan fingerprint density at radius 1 is 0.879 bits per heavy atom. The van der Waals surface area contributed by atoms with Crippen molar-refractivity contribution < 1.29 is 18.3 Å². The number of hydrogen-bond acceptors (Lipinski definition) is 2. The van der Waals surface area contributed by atoms with Crippen molar-refractivity contribution in [2.75, 3.05) is 13.2 Å². The molecule has 0 amide bonds. The van der Waals surface area contributed by atoms with Gasteiger partial charge in [0, 0.05) is 0 Å². The van der Waals surface area contributed by atoms with Gasteiger partial charge in [-0.25, -0.2) is 4.39 Å². The highest BCUT2D eigenvalue weighted by Crippen LogP contribution is 2.46. The second-order valence-electron chi connectivity index (χ2n) is 10.7. The maximum Gasteiger partial charge on any atom is 0.200 e. The van der Waals surface area contributed by atoms with Crippen LogP contribution in [0, 0.1) is 35.3 Å². The Labute approximate surface area is 199 Å². The molecule has 2 aliphatic carbocycles. The Morgan fingerprint density at radius 3 is 2.06 bits per heavy atom. The van der Waals surface area contributed by atoms with Gasteiger partial charge in [-0.05, 0) is 125 Å². The monoisotopic (exact) mass is 460 g/mol. The molecule has 3 fully saturated rings. The summed E-state index contributed by atoms with van der Waals surface area (Å²) in [6.07, 6.45) is 16.7. The fourth-order valence-electron chi connectivity index (χ4n) is 6.85. The van der Waals surface area contributed by atoms with E-state index in [2.05, 4.69) is 6.58 Å². The fourth-order valence-corrected chi connectivity index (χ4v) is 6.85. The van der Waals surface area contributed by atoms with Gasteiger partial charge in [0.05, 0.1) is 19.3 Å². The average molecular weight is 461 g/mol. The standard InChI is InChI=1S/C29H42F2O2/c1-3-5-6-25-16-15-24(19-33-25)22-9-7-20(8-10-22)21-11-13-23(14-12-21)26-17-18-27(32-4-2)29(31)28(26)30/h3,17-18,20-25H,1,4-16,19H2,2H3. The Balaban J connectivity index is 1.22. The second-order valence-corrected chi connectivity index (χ2v) is 10.7.